The molecule has 3 unspecified atom stereocenters. The number of phosphoric acid groups is 1. The van der Waals surface area contributed by atoms with Gasteiger partial charge in [0.1, 0.15) is 12.1 Å². The second kappa shape index (κ2) is 36.5. The van der Waals surface area contributed by atoms with Crippen LogP contribution in [0.1, 0.15) is 168 Å². The number of ether oxygens (including phenoxy) is 2. The van der Waals surface area contributed by atoms with Gasteiger partial charge in [-0.15, -0.1) is 0 Å². The Kier molecular flexibility index (Phi) is 35.2. The normalized spacial score (nSPS) is 14.4. The first-order valence-electron chi connectivity index (χ1n) is 20.0. The summed E-state index contributed by atoms with van der Waals surface area (Å²) in [7, 11) is -4.61. The lowest BCUT2D eigenvalue weighted by molar-refractivity contribution is -0.154. The summed E-state index contributed by atoms with van der Waals surface area (Å²) in [6.45, 7) is 3.79. The zero-order valence-corrected chi connectivity index (χ0v) is 33.1. The minimum absolute atomic E-state index is 0.00961. The Hall–Kier alpha value is -1.81. The monoisotopic (exact) mass is 744 g/mol. The van der Waals surface area contributed by atoms with Crippen molar-refractivity contribution in [2.45, 2.75) is 180 Å². The van der Waals surface area contributed by atoms with Gasteiger partial charge in [-0.2, -0.15) is 0 Å². The van der Waals surface area contributed by atoms with Crippen LogP contribution in [0, 0.1) is 0 Å². The van der Waals surface area contributed by atoms with Crippen molar-refractivity contribution in [2.75, 3.05) is 26.4 Å². The van der Waals surface area contributed by atoms with Gasteiger partial charge in [0, 0.05) is 13.0 Å². The van der Waals surface area contributed by atoms with Gasteiger partial charge in [-0.25, -0.2) is 4.57 Å². The van der Waals surface area contributed by atoms with Crippen molar-refractivity contribution in [1.82, 2.24) is 0 Å². The highest BCUT2D eigenvalue weighted by molar-refractivity contribution is 7.47. The zero-order valence-electron chi connectivity index (χ0n) is 32.2. The summed E-state index contributed by atoms with van der Waals surface area (Å²) in [6.07, 6.45) is 39.0. The average Bonchev–Trinajstić information content (AvgIpc) is 3.10. The van der Waals surface area contributed by atoms with Crippen molar-refractivity contribution >= 4 is 19.8 Å². The molecule has 0 aliphatic heterocycles. The molecule has 0 heterocycles. The van der Waals surface area contributed by atoms with E-state index in [-0.39, 0.29) is 13.0 Å². The number of hydrogen-bond acceptors (Lipinski definition) is 8. The minimum Gasteiger partial charge on any atom is -0.480 e. The van der Waals surface area contributed by atoms with Gasteiger partial charge in [0.05, 0.1) is 19.8 Å². The Balaban J connectivity index is 4.29. The van der Waals surface area contributed by atoms with Crippen LogP contribution in [0.25, 0.3) is 0 Å². The maximum absolute atomic E-state index is 12.6. The average molecular weight is 744 g/mol. The quantitative estimate of drug-likeness (QED) is 0.0241. The number of rotatable bonds is 38. The van der Waals surface area contributed by atoms with E-state index in [9.17, 15) is 19.0 Å². The molecule has 0 amide bonds. The summed E-state index contributed by atoms with van der Waals surface area (Å²) < 4.78 is 33.2. The fourth-order valence-electron chi connectivity index (χ4n) is 5.20. The van der Waals surface area contributed by atoms with Crippen LogP contribution >= 0.6 is 7.82 Å². The molecule has 0 fully saturated rings. The molecule has 298 valence electrons. The molecule has 0 saturated heterocycles. The summed E-state index contributed by atoms with van der Waals surface area (Å²) in [6, 6.07) is -1.47. The molecule has 0 aromatic heterocycles. The molecule has 11 heteroatoms. The summed E-state index contributed by atoms with van der Waals surface area (Å²) >= 11 is 0. The van der Waals surface area contributed by atoms with E-state index >= 15 is 0 Å². The second-order valence-corrected chi connectivity index (χ2v) is 14.9. The fourth-order valence-corrected chi connectivity index (χ4v) is 5.98. The van der Waals surface area contributed by atoms with Crippen molar-refractivity contribution in [1.29, 1.82) is 0 Å². The molecule has 0 aromatic rings. The van der Waals surface area contributed by atoms with Crippen LogP contribution in [0.3, 0.4) is 0 Å². The summed E-state index contributed by atoms with van der Waals surface area (Å²) in [5, 5.41) is 8.87. The topological polar surface area (TPSA) is 155 Å². The molecule has 10 nitrogen and oxygen atoms in total. The highest BCUT2D eigenvalue weighted by Crippen LogP contribution is 2.43. The molecule has 0 spiro atoms. The van der Waals surface area contributed by atoms with Crippen LogP contribution in [0.5, 0.6) is 0 Å². The molecule has 0 bridgehead atoms. The van der Waals surface area contributed by atoms with Gasteiger partial charge >= 0.3 is 19.8 Å². The molecule has 0 saturated carbocycles. The maximum Gasteiger partial charge on any atom is 0.472 e. The van der Waals surface area contributed by atoms with Crippen LogP contribution in [0.4, 0.5) is 0 Å². The number of carboxylic acids is 1. The molecular weight excluding hydrogens is 669 g/mol. The third kappa shape index (κ3) is 36.3. The van der Waals surface area contributed by atoms with Crippen molar-refractivity contribution in [3.63, 3.8) is 0 Å². The lowest BCUT2D eigenvalue weighted by atomic mass is 10.1. The number of carbonyl (C=O) groups is 2. The molecule has 4 N–H and O–H groups in total. The predicted molar refractivity (Wildman–Crippen MR) is 208 cm³/mol. The number of esters is 1. The van der Waals surface area contributed by atoms with Crippen molar-refractivity contribution in [2.24, 2.45) is 5.73 Å². The maximum atomic E-state index is 12.6. The number of nitrogens with two attached hydrogens (primary N) is 1. The summed E-state index contributed by atoms with van der Waals surface area (Å²) in [5.41, 5.74) is 5.34. The smallest absolute Gasteiger partial charge is 0.472 e. The van der Waals surface area contributed by atoms with Gasteiger partial charge in [0.15, 0.2) is 0 Å². The van der Waals surface area contributed by atoms with Crippen LogP contribution < -0.4 is 5.73 Å². The second-order valence-electron chi connectivity index (χ2n) is 13.4. The Morgan fingerprint density at radius 2 is 1.10 bits per heavy atom. The lowest BCUT2D eigenvalue weighted by Gasteiger charge is -2.20. The van der Waals surface area contributed by atoms with E-state index in [1.165, 1.54) is 83.5 Å². The van der Waals surface area contributed by atoms with E-state index in [0.717, 1.165) is 57.8 Å². The Morgan fingerprint density at radius 1 is 0.627 bits per heavy atom. The van der Waals surface area contributed by atoms with E-state index in [2.05, 4.69) is 50.3 Å². The highest BCUT2D eigenvalue weighted by Gasteiger charge is 2.27. The first kappa shape index (κ1) is 49.2. The van der Waals surface area contributed by atoms with Gasteiger partial charge in [0.2, 0.25) is 0 Å². The van der Waals surface area contributed by atoms with Gasteiger partial charge < -0.3 is 25.2 Å². The minimum atomic E-state index is -4.61. The van der Waals surface area contributed by atoms with E-state index in [1.54, 1.807) is 0 Å². The molecule has 0 aromatic carbocycles. The standard InChI is InChI=1S/C40H74NO9P/c1-3-5-7-9-11-13-15-17-18-19-20-21-22-24-26-28-30-32-39(42)50-37(35-48-51(45,46)49-36-38(41)40(43)44)34-47-33-31-29-27-25-23-16-14-12-10-8-6-4-2/h10-13,17-18,37-38H,3-9,14-16,19-36,41H2,1-2H3,(H,43,44)(H,45,46)/b12-10-,13-11-,18-17-. The van der Waals surface area contributed by atoms with Gasteiger partial charge in [-0.3, -0.25) is 18.6 Å². The van der Waals surface area contributed by atoms with Crippen molar-refractivity contribution in [3.05, 3.63) is 36.5 Å². The summed E-state index contributed by atoms with van der Waals surface area (Å²) in [4.78, 5) is 33.4. The molecule has 51 heavy (non-hydrogen) atoms. The predicted octanol–water partition coefficient (Wildman–Crippen LogP) is 10.5. The lowest BCUT2D eigenvalue weighted by Crippen LogP contribution is -2.34. The highest BCUT2D eigenvalue weighted by atomic mass is 31.2. The third-order valence-corrected chi connectivity index (χ3v) is 9.34. The number of aliphatic carboxylic acids is 1. The largest absolute Gasteiger partial charge is 0.480 e. The Bertz CT molecular complexity index is 956. The number of allylic oxidation sites excluding steroid dienone is 6. The number of phosphoric ester groups is 1. The number of carbonyl (C=O) groups excluding carboxylic acids is 1. The first-order valence-corrected chi connectivity index (χ1v) is 21.5. The Morgan fingerprint density at radius 3 is 1.67 bits per heavy atom. The SMILES string of the molecule is CCCC/C=C\CCCCCCCCOCC(COP(=O)(O)OCC(N)C(=O)O)OC(=O)CCCCCCCCC/C=C\C/C=C\CCCCC. The van der Waals surface area contributed by atoms with Crippen LogP contribution in [-0.2, 0) is 32.7 Å². The third-order valence-electron chi connectivity index (χ3n) is 8.39. The van der Waals surface area contributed by atoms with E-state index in [4.69, 9.17) is 29.4 Å². The molecule has 0 aliphatic carbocycles. The number of hydrogen-bond donors (Lipinski definition) is 3. The van der Waals surface area contributed by atoms with Crippen LogP contribution in [0.2, 0.25) is 0 Å². The first-order chi connectivity index (χ1) is 24.7. The number of unbranched alkanes of at least 4 members (excludes halogenated alkanes) is 18. The number of carboxylic acid groups (broad SMARTS) is 1. The molecule has 3 atom stereocenters. The Labute approximate surface area is 310 Å². The van der Waals surface area contributed by atoms with Crippen molar-refractivity contribution < 1.29 is 42.7 Å². The van der Waals surface area contributed by atoms with E-state index in [0.29, 0.717) is 13.0 Å². The van der Waals surface area contributed by atoms with Crippen molar-refractivity contribution in [3.8, 4) is 0 Å². The molecular formula is C40H74NO9P. The van der Waals surface area contributed by atoms with E-state index < -0.39 is 45.1 Å². The fraction of sp³-hybridized carbons (Fsp3) is 0.800. The molecule has 0 aliphatic rings. The van der Waals surface area contributed by atoms with Gasteiger partial charge in [-0.1, -0.05) is 134 Å². The van der Waals surface area contributed by atoms with Crippen LogP contribution in [0.15, 0.2) is 36.5 Å². The zero-order chi connectivity index (χ0) is 37.7. The van der Waals surface area contributed by atoms with Crippen LogP contribution in [-0.4, -0.2) is 60.5 Å². The molecule has 0 radical (unpaired) electrons. The van der Waals surface area contributed by atoms with Gasteiger partial charge in [0.25, 0.3) is 0 Å². The molecule has 0 rings (SSSR count). The van der Waals surface area contributed by atoms with E-state index in [1.807, 2.05) is 0 Å². The van der Waals surface area contributed by atoms with Gasteiger partial charge in [-0.05, 0) is 64.2 Å². The summed E-state index contributed by atoms with van der Waals surface area (Å²) in [5.74, 6) is -1.79.